The fourth-order valence-corrected chi connectivity index (χ4v) is 0.312. The van der Waals surface area contributed by atoms with Gasteiger partial charge in [0.05, 0.1) is 0 Å². The first kappa shape index (κ1) is 7.88. The molecule has 2 N–H and O–H groups in total. The molecule has 0 amide bonds. The smallest absolute Gasteiger partial charge is 0.106 e. The third-order valence-corrected chi connectivity index (χ3v) is 1.18. The Labute approximate surface area is 49.5 Å². The Morgan fingerprint density at radius 1 is 1.12 bits per heavy atom. The number of rotatable bonds is 2. The van der Waals surface area contributed by atoms with Crippen molar-refractivity contribution < 1.29 is 10.2 Å². The summed E-state index contributed by atoms with van der Waals surface area (Å²) in [6.07, 6.45) is -1.15. The van der Waals surface area contributed by atoms with Gasteiger partial charge in [-0.1, -0.05) is 0 Å². The molecular weight excluding hydrogens is 106 g/mol. The van der Waals surface area contributed by atoms with Crippen molar-refractivity contribution in [2.24, 2.45) is 0 Å². The summed E-state index contributed by atoms with van der Waals surface area (Å²) < 4.78 is 0. The maximum absolute atomic E-state index is 8.76. The molecule has 0 saturated heterocycles. The van der Waals surface area contributed by atoms with Gasteiger partial charge in [0.25, 0.3) is 0 Å². The van der Waals surface area contributed by atoms with E-state index in [0.717, 1.165) is 0 Å². The summed E-state index contributed by atoms with van der Waals surface area (Å²) in [5.74, 6) is 0. The highest BCUT2D eigenvalue weighted by molar-refractivity contribution is 4.48. The highest BCUT2D eigenvalue weighted by atomic mass is 16.3. The van der Waals surface area contributed by atoms with Crippen molar-refractivity contribution in [3.63, 3.8) is 0 Å². The first-order valence-electron chi connectivity index (χ1n) is 2.63. The molecule has 0 radical (unpaired) electrons. The molecule has 0 aliphatic rings. The van der Waals surface area contributed by atoms with Crippen LogP contribution in [0.15, 0.2) is 0 Å². The Balaban J connectivity index is 3.46. The van der Waals surface area contributed by atoms with E-state index in [-0.39, 0.29) is 0 Å². The van der Waals surface area contributed by atoms with E-state index in [0.29, 0.717) is 0 Å². The van der Waals surface area contributed by atoms with E-state index in [1.165, 1.54) is 4.90 Å². The van der Waals surface area contributed by atoms with Crippen LogP contribution in [0, 0.1) is 0 Å². The maximum atomic E-state index is 8.76. The summed E-state index contributed by atoms with van der Waals surface area (Å²) in [4.78, 5) is 1.44. The molecular formula is C5H13NO2. The Morgan fingerprint density at radius 3 is 1.38 bits per heavy atom. The summed E-state index contributed by atoms with van der Waals surface area (Å²) in [6.45, 7) is 3.21. The van der Waals surface area contributed by atoms with E-state index in [4.69, 9.17) is 10.2 Å². The lowest BCUT2D eigenvalue weighted by Gasteiger charge is -2.22. The second-order valence-electron chi connectivity index (χ2n) is 1.93. The van der Waals surface area contributed by atoms with Gasteiger partial charge in [0.1, 0.15) is 12.5 Å². The van der Waals surface area contributed by atoms with E-state index in [1.807, 2.05) is 0 Å². The molecule has 2 unspecified atom stereocenters. The minimum atomic E-state index is -0.574. The summed E-state index contributed by atoms with van der Waals surface area (Å²) in [6, 6.07) is 0. The van der Waals surface area contributed by atoms with Gasteiger partial charge < -0.3 is 10.2 Å². The fourth-order valence-electron chi connectivity index (χ4n) is 0.312. The van der Waals surface area contributed by atoms with Crippen LogP contribution in [0.25, 0.3) is 0 Å². The van der Waals surface area contributed by atoms with Crippen LogP contribution in [0.5, 0.6) is 0 Å². The average molecular weight is 119 g/mol. The normalized spacial score (nSPS) is 18.8. The van der Waals surface area contributed by atoms with Crippen LogP contribution in [0.1, 0.15) is 13.8 Å². The number of hydrogen-bond acceptors (Lipinski definition) is 3. The molecule has 0 aliphatic heterocycles. The van der Waals surface area contributed by atoms with Crippen LogP contribution in [-0.2, 0) is 0 Å². The van der Waals surface area contributed by atoms with Crippen LogP contribution in [0.4, 0.5) is 0 Å². The SMILES string of the molecule is CC(O)N(C)C(C)O. The van der Waals surface area contributed by atoms with Crippen molar-refractivity contribution in [1.29, 1.82) is 0 Å². The molecule has 0 fully saturated rings. The summed E-state index contributed by atoms with van der Waals surface area (Å²) >= 11 is 0. The molecule has 0 aromatic carbocycles. The van der Waals surface area contributed by atoms with Crippen LogP contribution in [0.2, 0.25) is 0 Å². The lowest BCUT2D eigenvalue weighted by atomic mass is 10.5. The predicted octanol–water partition coefficient (Wildman–Crippen LogP) is -0.405. The number of hydrogen-bond donors (Lipinski definition) is 2. The molecule has 0 rings (SSSR count). The monoisotopic (exact) mass is 119 g/mol. The van der Waals surface area contributed by atoms with Crippen molar-refractivity contribution in [2.75, 3.05) is 7.05 Å². The molecule has 0 aromatic heterocycles. The van der Waals surface area contributed by atoms with E-state index in [9.17, 15) is 0 Å². The molecule has 2 atom stereocenters. The highest BCUT2D eigenvalue weighted by Crippen LogP contribution is 1.93. The maximum Gasteiger partial charge on any atom is 0.106 e. The van der Waals surface area contributed by atoms with Crippen LogP contribution in [0.3, 0.4) is 0 Å². The molecule has 0 aromatic rings. The molecule has 0 aliphatic carbocycles. The van der Waals surface area contributed by atoms with E-state index in [2.05, 4.69) is 0 Å². The topological polar surface area (TPSA) is 43.7 Å². The molecule has 0 bridgehead atoms. The lowest BCUT2D eigenvalue weighted by Crippen LogP contribution is -2.36. The second-order valence-corrected chi connectivity index (χ2v) is 1.93. The standard InChI is InChI=1S/C5H13NO2/c1-4(7)6(3)5(2)8/h4-5,7-8H,1-3H3. The zero-order valence-electron chi connectivity index (χ0n) is 5.50. The quantitative estimate of drug-likeness (QED) is 0.486. The lowest BCUT2D eigenvalue weighted by molar-refractivity contribution is -0.0665. The largest absolute Gasteiger partial charge is 0.379 e. The number of nitrogens with zero attached hydrogens (tertiary/aromatic N) is 1. The predicted molar refractivity (Wildman–Crippen MR) is 31.1 cm³/mol. The molecule has 3 nitrogen and oxygen atoms in total. The van der Waals surface area contributed by atoms with E-state index < -0.39 is 12.5 Å². The molecule has 3 heteroatoms. The van der Waals surface area contributed by atoms with Gasteiger partial charge in [-0.3, -0.25) is 4.90 Å². The fraction of sp³-hybridized carbons (Fsp3) is 1.00. The molecule has 0 heterocycles. The summed E-state index contributed by atoms with van der Waals surface area (Å²) in [5, 5.41) is 17.5. The third kappa shape index (κ3) is 2.26. The van der Waals surface area contributed by atoms with Gasteiger partial charge in [-0.25, -0.2) is 0 Å². The van der Waals surface area contributed by atoms with E-state index in [1.54, 1.807) is 20.9 Å². The first-order chi connectivity index (χ1) is 3.55. The average Bonchev–Trinajstić information content (AvgIpc) is 1.64. The highest BCUT2D eigenvalue weighted by Gasteiger charge is 2.08. The van der Waals surface area contributed by atoms with Crippen LogP contribution >= 0.6 is 0 Å². The Kier molecular flexibility index (Phi) is 2.97. The van der Waals surface area contributed by atoms with Gasteiger partial charge in [0.15, 0.2) is 0 Å². The van der Waals surface area contributed by atoms with Crippen molar-refractivity contribution >= 4 is 0 Å². The minimum absolute atomic E-state index is 0.574. The molecule has 0 saturated carbocycles. The van der Waals surface area contributed by atoms with Crippen molar-refractivity contribution in [3.05, 3.63) is 0 Å². The Morgan fingerprint density at radius 2 is 1.38 bits per heavy atom. The van der Waals surface area contributed by atoms with Crippen LogP contribution in [-0.4, -0.2) is 34.6 Å². The summed E-state index contributed by atoms with van der Waals surface area (Å²) in [5.41, 5.74) is 0. The molecule has 0 spiro atoms. The van der Waals surface area contributed by atoms with Gasteiger partial charge in [-0.05, 0) is 20.9 Å². The number of aliphatic hydroxyl groups is 2. The third-order valence-electron chi connectivity index (χ3n) is 1.18. The Hall–Kier alpha value is -0.120. The van der Waals surface area contributed by atoms with Crippen molar-refractivity contribution in [2.45, 2.75) is 26.3 Å². The minimum Gasteiger partial charge on any atom is -0.379 e. The van der Waals surface area contributed by atoms with Gasteiger partial charge in [-0.15, -0.1) is 0 Å². The molecule has 50 valence electrons. The first-order valence-corrected chi connectivity index (χ1v) is 2.63. The molecule has 8 heavy (non-hydrogen) atoms. The zero-order chi connectivity index (χ0) is 6.73. The second kappa shape index (κ2) is 3.02. The van der Waals surface area contributed by atoms with Gasteiger partial charge >= 0.3 is 0 Å². The summed E-state index contributed by atoms with van der Waals surface area (Å²) in [7, 11) is 1.65. The Bertz CT molecular complexity index is 55.4. The van der Waals surface area contributed by atoms with E-state index >= 15 is 0 Å². The van der Waals surface area contributed by atoms with Crippen LogP contribution < -0.4 is 0 Å². The van der Waals surface area contributed by atoms with Gasteiger partial charge in [0, 0.05) is 0 Å². The van der Waals surface area contributed by atoms with Gasteiger partial charge in [0.2, 0.25) is 0 Å². The van der Waals surface area contributed by atoms with Crippen molar-refractivity contribution in [3.8, 4) is 0 Å². The number of aliphatic hydroxyl groups excluding tert-OH is 2. The van der Waals surface area contributed by atoms with Crippen molar-refractivity contribution in [1.82, 2.24) is 4.90 Å². The van der Waals surface area contributed by atoms with Gasteiger partial charge in [-0.2, -0.15) is 0 Å². The zero-order valence-corrected chi connectivity index (χ0v) is 5.50.